The number of aryl methyl sites for hydroxylation is 1. The predicted molar refractivity (Wildman–Crippen MR) is 240 cm³/mol. The summed E-state index contributed by atoms with van der Waals surface area (Å²) in [6, 6.07) is 54.2. The molecule has 0 saturated heterocycles. The number of benzene rings is 7. The molecule has 5 heterocycles. The van der Waals surface area contributed by atoms with Gasteiger partial charge in [0, 0.05) is 50.3 Å². The summed E-state index contributed by atoms with van der Waals surface area (Å²) >= 11 is 0. The van der Waals surface area contributed by atoms with Gasteiger partial charge in [-0.1, -0.05) is 99.6 Å². The molecular weight excluding hydrogens is 727 g/mol. The third-order valence-electron chi connectivity index (χ3n) is 12.2. The van der Waals surface area contributed by atoms with Gasteiger partial charge in [0.1, 0.15) is 22.7 Å². The minimum absolute atomic E-state index is 0.0203. The maximum atomic E-state index is 6.49. The maximum Gasteiger partial charge on any atom is 0.252 e. The highest BCUT2D eigenvalue weighted by Gasteiger charge is 2.46. The van der Waals surface area contributed by atoms with E-state index in [2.05, 4.69) is 159 Å². The van der Waals surface area contributed by atoms with E-state index in [1.165, 1.54) is 22.0 Å². The quantitative estimate of drug-likeness (QED) is 0.166. The van der Waals surface area contributed by atoms with Gasteiger partial charge in [0.05, 0.1) is 5.69 Å². The normalized spacial score (nSPS) is 13.9. The van der Waals surface area contributed by atoms with Crippen molar-refractivity contribution < 1.29 is 18.3 Å². The number of rotatable bonds is 4. The van der Waals surface area contributed by atoms with Crippen LogP contribution < -0.4 is 35.7 Å². The fraction of sp³-hybridized carbons (Fsp3) is 0.115. The number of hydrogen-bond donors (Lipinski definition) is 0. The molecule has 2 aromatic heterocycles. The second-order valence-electron chi connectivity index (χ2n) is 17.0. The van der Waals surface area contributed by atoms with Gasteiger partial charge in [-0.25, -0.2) is 0 Å². The number of furan rings is 2. The van der Waals surface area contributed by atoms with Crippen LogP contribution in [0.25, 0.3) is 44.6 Å². The fourth-order valence-electron chi connectivity index (χ4n) is 9.43. The molecule has 0 bridgehead atoms. The summed E-state index contributed by atoms with van der Waals surface area (Å²) in [4.78, 5) is 4.84. The van der Waals surface area contributed by atoms with Crippen LogP contribution in [0.4, 0.5) is 34.1 Å². The molecule has 0 spiro atoms. The molecule has 3 aliphatic rings. The highest BCUT2D eigenvalue weighted by atomic mass is 16.7. The first kappa shape index (κ1) is 34.0. The molecule has 0 saturated carbocycles. The van der Waals surface area contributed by atoms with Crippen LogP contribution in [-0.4, -0.2) is 13.5 Å². The standard InChI is InChI=1S/C52H39BN2O4/c1-31-24-42-49-43(25-31)55(37-19-17-36(18-20-37)52(2,3)4)50-40(22-23-46-51(50)57-30-56-46)53(49)39-21-16-35(48-29-34-11-6-8-15-45(34)59-48)27-41(39)54(42)38-13-9-12-32(26-38)47-28-33-10-5-7-14-44(33)58-47/h5-29H,30H2,1-4H3. The second kappa shape index (κ2) is 12.4. The van der Waals surface area contributed by atoms with Gasteiger partial charge in [-0.15, -0.1) is 0 Å². The lowest BCUT2D eigenvalue weighted by molar-refractivity contribution is 0.174. The van der Waals surface area contributed by atoms with Crippen LogP contribution in [0.2, 0.25) is 0 Å². The molecule has 0 N–H and O–H groups in total. The van der Waals surface area contributed by atoms with E-state index in [1.54, 1.807) is 0 Å². The van der Waals surface area contributed by atoms with E-state index >= 15 is 0 Å². The molecule has 0 unspecified atom stereocenters. The molecule has 3 aliphatic heterocycles. The van der Waals surface area contributed by atoms with E-state index in [0.717, 1.165) is 95.8 Å². The van der Waals surface area contributed by atoms with E-state index in [4.69, 9.17) is 18.3 Å². The van der Waals surface area contributed by atoms with Crippen LogP contribution in [0, 0.1) is 6.92 Å². The van der Waals surface area contributed by atoms with Crippen LogP contribution >= 0.6 is 0 Å². The largest absolute Gasteiger partial charge is 0.456 e. The third kappa shape index (κ3) is 5.20. The first-order valence-corrected chi connectivity index (χ1v) is 20.3. The van der Waals surface area contributed by atoms with Gasteiger partial charge in [0.2, 0.25) is 6.79 Å². The topological polar surface area (TPSA) is 51.2 Å². The van der Waals surface area contributed by atoms with Gasteiger partial charge < -0.3 is 28.1 Å². The zero-order valence-corrected chi connectivity index (χ0v) is 33.2. The number of ether oxygens (including phenoxy) is 2. The van der Waals surface area contributed by atoms with Crippen LogP contribution in [0.5, 0.6) is 11.5 Å². The molecule has 7 aromatic carbocycles. The SMILES string of the molecule is Cc1cc2c3c(c1)N(c1ccc(C(C)(C)C)cc1)c1c(ccc4c1OCO4)B3c1ccc(-c3cc4ccccc4o3)cc1N2c1cccc(-c2cc3ccccc3o2)c1. The zero-order valence-electron chi connectivity index (χ0n) is 33.2. The molecule has 0 fully saturated rings. The molecule has 59 heavy (non-hydrogen) atoms. The van der Waals surface area contributed by atoms with Crippen molar-refractivity contribution in [1.29, 1.82) is 0 Å². The summed E-state index contributed by atoms with van der Waals surface area (Å²) in [6.07, 6.45) is 0. The number of nitrogens with zero attached hydrogens (tertiary/aromatic N) is 2. The lowest BCUT2D eigenvalue weighted by atomic mass is 9.33. The average molecular weight is 767 g/mol. The van der Waals surface area contributed by atoms with Crippen molar-refractivity contribution in [3.63, 3.8) is 0 Å². The Morgan fingerprint density at radius 3 is 1.90 bits per heavy atom. The van der Waals surface area contributed by atoms with E-state index < -0.39 is 0 Å². The Hall–Kier alpha value is -7.12. The van der Waals surface area contributed by atoms with Crippen molar-refractivity contribution in [2.45, 2.75) is 33.1 Å². The highest BCUT2D eigenvalue weighted by Crippen LogP contribution is 2.51. The summed E-state index contributed by atoms with van der Waals surface area (Å²) in [6.45, 7) is 9.06. The van der Waals surface area contributed by atoms with Gasteiger partial charge in [-0.05, 0) is 113 Å². The maximum absolute atomic E-state index is 6.49. The Morgan fingerprint density at radius 1 is 0.542 bits per heavy atom. The molecule has 12 rings (SSSR count). The third-order valence-corrected chi connectivity index (χ3v) is 12.2. The Kier molecular flexibility index (Phi) is 7.16. The molecule has 284 valence electrons. The van der Waals surface area contributed by atoms with Crippen molar-refractivity contribution in [1.82, 2.24) is 0 Å². The van der Waals surface area contributed by atoms with Crippen molar-refractivity contribution in [3.8, 4) is 34.1 Å². The lowest BCUT2D eigenvalue weighted by Gasteiger charge is -2.44. The van der Waals surface area contributed by atoms with E-state index in [1.807, 2.05) is 30.3 Å². The predicted octanol–water partition coefficient (Wildman–Crippen LogP) is 11.9. The van der Waals surface area contributed by atoms with Gasteiger partial charge in [-0.3, -0.25) is 0 Å². The summed E-state index contributed by atoms with van der Waals surface area (Å²) in [7, 11) is 0. The Labute approximate surface area is 342 Å². The van der Waals surface area contributed by atoms with E-state index in [0.29, 0.717) is 0 Å². The number of hydrogen-bond acceptors (Lipinski definition) is 6. The lowest BCUT2D eigenvalue weighted by Crippen LogP contribution is -2.61. The van der Waals surface area contributed by atoms with Crippen LogP contribution in [0.15, 0.2) is 160 Å². The van der Waals surface area contributed by atoms with Crippen LogP contribution in [0.3, 0.4) is 0 Å². The molecule has 9 aromatic rings. The van der Waals surface area contributed by atoms with Crippen molar-refractivity contribution in [2.75, 3.05) is 16.6 Å². The molecule has 0 radical (unpaired) electrons. The molecule has 0 atom stereocenters. The zero-order chi connectivity index (χ0) is 39.6. The van der Waals surface area contributed by atoms with Crippen molar-refractivity contribution >= 4 is 79.2 Å². The van der Waals surface area contributed by atoms with Gasteiger partial charge >= 0.3 is 0 Å². The van der Waals surface area contributed by atoms with Gasteiger partial charge in [0.25, 0.3) is 6.71 Å². The number of fused-ring (bicyclic) bond motifs is 8. The molecule has 6 nitrogen and oxygen atoms in total. The average Bonchev–Trinajstić information content (AvgIpc) is 4.02. The van der Waals surface area contributed by atoms with Gasteiger partial charge in [-0.2, -0.15) is 0 Å². The van der Waals surface area contributed by atoms with Crippen LogP contribution in [0.1, 0.15) is 31.9 Å². The first-order chi connectivity index (χ1) is 28.8. The monoisotopic (exact) mass is 766 g/mol. The molecule has 7 heteroatoms. The van der Waals surface area contributed by atoms with Gasteiger partial charge in [0.15, 0.2) is 11.5 Å². The molecule has 0 amide bonds. The summed E-state index contributed by atoms with van der Waals surface area (Å²) in [5, 5.41) is 2.16. The van der Waals surface area contributed by atoms with Crippen molar-refractivity contribution in [2.24, 2.45) is 0 Å². The summed E-state index contributed by atoms with van der Waals surface area (Å²) in [5.74, 6) is 3.20. The smallest absolute Gasteiger partial charge is 0.252 e. The van der Waals surface area contributed by atoms with E-state index in [-0.39, 0.29) is 18.9 Å². The minimum Gasteiger partial charge on any atom is -0.456 e. The Morgan fingerprint density at radius 2 is 1.20 bits per heavy atom. The highest BCUT2D eigenvalue weighted by molar-refractivity contribution is 7.00. The number of anilines is 6. The minimum atomic E-state index is -0.0928. The first-order valence-electron chi connectivity index (χ1n) is 20.3. The number of para-hydroxylation sites is 2. The second-order valence-corrected chi connectivity index (χ2v) is 17.0. The fourth-order valence-corrected chi connectivity index (χ4v) is 9.43. The summed E-state index contributed by atoms with van der Waals surface area (Å²) < 4.78 is 25.4. The van der Waals surface area contributed by atoms with Crippen LogP contribution in [-0.2, 0) is 5.41 Å². The molecular formula is C52H39BN2O4. The Balaban J connectivity index is 1.12. The van der Waals surface area contributed by atoms with Crippen molar-refractivity contribution in [3.05, 3.63) is 163 Å². The van der Waals surface area contributed by atoms with E-state index in [9.17, 15) is 0 Å². The molecule has 0 aliphatic carbocycles. The summed E-state index contributed by atoms with van der Waals surface area (Å²) in [5.41, 5.74) is 16.3. The Bertz CT molecular complexity index is 3110.